The van der Waals surface area contributed by atoms with Crippen molar-refractivity contribution in [2.75, 3.05) is 0 Å². The molecule has 4 heteroatoms. The molecule has 0 saturated heterocycles. The molecule has 0 amide bonds. The molecule has 0 N–H and O–H groups in total. The first-order valence-corrected chi connectivity index (χ1v) is 18.2. The summed E-state index contributed by atoms with van der Waals surface area (Å²) in [6, 6.07) is 44.7. The van der Waals surface area contributed by atoms with E-state index in [0.717, 1.165) is 22.9 Å². The molecule has 0 spiro atoms. The van der Waals surface area contributed by atoms with Crippen molar-refractivity contribution in [1.29, 1.82) is 0 Å². The Balaban J connectivity index is 1.04. The van der Waals surface area contributed by atoms with Gasteiger partial charge in [-0.2, -0.15) is 0 Å². The van der Waals surface area contributed by atoms with Gasteiger partial charge in [0.05, 0.1) is 22.1 Å². The fourth-order valence-electron chi connectivity index (χ4n) is 9.30. The number of allylic oxidation sites excluding steroid dienone is 4. The van der Waals surface area contributed by atoms with Crippen LogP contribution in [0.3, 0.4) is 0 Å². The van der Waals surface area contributed by atoms with Crippen molar-refractivity contribution in [3.8, 4) is 34.0 Å². The van der Waals surface area contributed by atoms with Gasteiger partial charge in [-0.05, 0) is 90.0 Å². The molecule has 2 aromatic heterocycles. The molecule has 4 nitrogen and oxygen atoms in total. The summed E-state index contributed by atoms with van der Waals surface area (Å²) in [6.45, 7) is 0. The SMILES string of the molecule is C1=CC2Oc3ccc(-n4c5ccccc5c5cc(-c6cccc7c6c6ccccc6n7-c6ccc7c(c6)C6C=CC=CC6O7)ccc54)cc3C2C=C1. The second kappa shape index (κ2) is 10.5. The maximum atomic E-state index is 6.31. The van der Waals surface area contributed by atoms with Crippen molar-refractivity contribution in [3.63, 3.8) is 0 Å². The van der Waals surface area contributed by atoms with Gasteiger partial charge < -0.3 is 18.6 Å². The number of aromatic nitrogens is 2. The van der Waals surface area contributed by atoms with Gasteiger partial charge in [-0.3, -0.25) is 0 Å². The number of hydrogen-bond donors (Lipinski definition) is 0. The van der Waals surface area contributed by atoms with Crippen LogP contribution in [0.25, 0.3) is 66.1 Å². The quantitative estimate of drug-likeness (QED) is 0.187. The van der Waals surface area contributed by atoms with E-state index in [1.165, 1.54) is 65.9 Å². The summed E-state index contributed by atoms with van der Waals surface area (Å²) >= 11 is 0. The predicted molar refractivity (Wildman–Crippen MR) is 211 cm³/mol. The number of ether oxygens (including phenoxy) is 2. The summed E-state index contributed by atoms with van der Waals surface area (Å²) < 4.78 is 17.4. The van der Waals surface area contributed by atoms with E-state index in [1.54, 1.807) is 0 Å². The first-order chi connectivity index (χ1) is 25.8. The Labute approximate surface area is 300 Å². The highest BCUT2D eigenvalue weighted by atomic mass is 16.5. The van der Waals surface area contributed by atoms with Gasteiger partial charge in [0, 0.05) is 55.9 Å². The van der Waals surface area contributed by atoms with E-state index in [0.29, 0.717) is 0 Å². The van der Waals surface area contributed by atoms with Crippen LogP contribution in [-0.4, -0.2) is 21.3 Å². The monoisotopic (exact) mass is 668 g/mol. The van der Waals surface area contributed by atoms with Crippen LogP contribution in [0.1, 0.15) is 23.0 Å². The van der Waals surface area contributed by atoms with E-state index in [2.05, 4.69) is 179 Å². The molecule has 0 saturated carbocycles. The lowest BCUT2D eigenvalue weighted by Gasteiger charge is -2.14. The molecule has 0 bridgehead atoms. The third-order valence-corrected chi connectivity index (χ3v) is 11.6. The molecular weight excluding hydrogens is 637 g/mol. The molecule has 4 heterocycles. The first kappa shape index (κ1) is 28.2. The second-order valence-electron chi connectivity index (χ2n) is 14.3. The van der Waals surface area contributed by atoms with Gasteiger partial charge in [-0.15, -0.1) is 0 Å². The Bertz CT molecular complexity index is 2950. The third kappa shape index (κ3) is 3.87. The Morgan fingerprint density at radius 1 is 0.423 bits per heavy atom. The molecule has 2 aliphatic carbocycles. The fourth-order valence-corrected chi connectivity index (χ4v) is 9.30. The Morgan fingerprint density at radius 2 is 0.981 bits per heavy atom. The van der Waals surface area contributed by atoms with Gasteiger partial charge in [0.25, 0.3) is 0 Å². The van der Waals surface area contributed by atoms with Crippen molar-refractivity contribution >= 4 is 43.6 Å². The van der Waals surface area contributed by atoms with E-state index in [4.69, 9.17) is 9.47 Å². The molecule has 4 atom stereocenters. The summed E-state index contributed by atoms with van der Waals surface area (Å²) in [6.07, 6.45) is 17.4. The van der Waals surface area contributed by atoms with E-state index >= 15 is 0 Å². The second-order valence-corrected chi connectivity index (χ2v) is 14.3. The van der Waals surface area contributed by atoms with Gasteiger partial charge in [-0.25, -0.2) is 0 Å². The highest BCUT2D eigenvalue weighted by Crippen LogP contribution is 2.46. The highest BCUT2D eigenvalue weighted by Gasteiger charge is 2.34. The Kier molecular flexibility index (Phi) is 5.70. The van der Waals surface area contributed by atoms with E-state index < -0.39 is 0 Å². The van der Waals surface area contributed by atoms with Gasteiger partial charge in [-0.1, -0.05) is 91.1 Å². The molecule has 6 aromatic carbocycles. The van der Waals surface area contributed by atoms with Crippen LogP contribution >= 0.6 is 0 Å². The van der Waals surface area contributed by atoms with Crippen LogP contribution in [0.4, 0.5) is 0 Å². The minimum Gasteiger partial charge on any atom is -0.485 e. The third-order valence-electron chi connectivity index (χ3n) is 11.6. The highest BCUT2D eigenvalue weighted by molar-refractivity contribution is 6.17. The molecule has 12 rings (SSSR count). The van der Waals surface area contributed by atoms with Crippen LogP contribution in [0.2, 0.25) is 0 Å². The standard InChI is InChI=1S/C48H32N2O2/c1-5-15-40-33(10-1)37-26-29(20-23-42(37)49(40)30-21-24-46-38(27-30)34-11-3-7-18-44(34)51-46)32-14-9-17-43-48(32)36-13-2-6-16-41(36)50(43)31-22-25-47-39(28-31)35-12-4-8-19-45(35)52-47/h1-28,34-35,44-45H. The molecule has 8 aromatic rings. The topological polar surface area (TPSA) is 28.3 Å². The number of nitrogens with zero attached hydrogens (tertiary/aromatic N) is 2. The summed E-state index contributed by atoms with van der Waals surface area (Å²) in [5.41, 5.74) is 12.0. The maximum absolute atomic E-state index is 6.31. The van der Waals surface area contributed by atoms with Crippen LogP contribution in [0.5, 0.6) is 11.5 Å². The minimum atomic E-state index is 0.0661. The van der Waals surface area contributed by atoms with Crippen LogP contribution in [0, 0.1) is 0 Å². The number of benzene rings is 6. The summed E-state index contributed by atoms with van der Waals surface area (Å²) in [5.74, 6) is 2.43. The van der Waals surface area contributed by atoms with Crippen LogP contribution < -0.4 is 9.47 Å². The van der Waals surface area contributed by atoms with Crippen molar-refractivity contribution < 1.29 is 9.47 Å². The van der Waals surface area contributed by atoms with E-state index in [-0.39, 0.29) is 24.0 Å². The molecule has 246 valence electrons. The average Bonchev–Trinajstić information content (AvgIpc) is 3.95. The van der Waals surface area contributed by atoms with E-state index in [9.17, 15) is 0 Å². The first-order valence-electron chi connectivity index (χ1n) is 18.2. The number of fused-ring (bicyclic) bond motifs is 12. The molecule has 0 fully saturated rings. The zero-order valence-electron chi connectivity index (χ0n) is 28.2. The number of hydrogen-bond acceptors (Lipinski definition) is 2. The molecule has 4 unspecified atom stereocenters. The molecule has 4 aliphatic rings. The van der Waals surface area contributed by atoms with Gasteiger partial charge >= 0.3 is 0 Å². The fraction of sp³-hybridized carbons (Fsp3) is 0.0833. The zero-order valence-corrected chi connectivity index (χ0v) is 28.2. The predicted octanol–water partition coefficient (Wildman–Crippen LogP) is 11.5. The smallest absolute Gasteiger partial charge is 0.128 e. The lowest BCUT2D eigenvalue weighted by atomic mass is 9.92. The largest absolute Gasteiger partial charge is 0.485 e. The molecule has 52 heavy (non-hydrogen) atoms. The van der Waals surface area contributed by atoms with Crippen molar-refractivity contribution in [2.24, 2.45) is 0 Å². The normalized spacial score (nSPS) is 20.7. The average molecular weight is 669 g/mol. The van der Waals surface area contributed by atoms with Gasteiger partial charge in [0.1, 0.15) is 23.7 Å². The maximum Gasteiger partial charge on any atom is 0.128 e. The van der Waals surface area contributed by atoms with Crippen LogP contribution in [-0.2, 0) is 0 Å². The molecule has 2 aliphatic heterocycles. The lowest BCUT2D eigenvalue weighted by Crippen LogP contribution is -2.15. The molecule has 0 radical (unpaired) electrons. The Hall–Kier alpha value is -6.52. The van der Waals surface area contributed by atoms with E-state index in [1.807, 2.05) is 0 Å². The van der Waals surface area contributed by atoms with Gasteiger partial charge in [0.2, 0.25) is 0 Å². The number of para-hydroxylation sites is 2. The summed E-state index contributed by atoms with van der Waals surface area (Å²) in [5, 5.41) is 5.00. The van der Waals surface area contributed by atoms with Crippen molar-refractivity contribution in [2.45, 2.75) is 24.0 Å². The van der Waals surface area contributed by atoms with Crippen molar-refractivity contribution in [1.82, 2.24) is 9.13 Å². The Morgan fingerprint density at radius 3 is 1.67 bits per heavy atom. The van der Waals surface area contributed by atoms with Crippen LogP contribution in [0.15, 0.2) is 170 Å². The zero-order chi connectivity index (χ0) is 33.9. The minimum absolute atomic E-state index is 0.0661. The summed E-state index contributed by atoms with van der Waals surface area (Å²) in [7, 11) is 0. The van der Waals surface area contributed by atoms with Gasteiger partial charge in [0.15, 0.2) is 0 Å². The lowest BCUT2D eigenvalue weighted by molar-refractivity contribution is 0.268. The molecular formula is C48H32N2O2. The number of rotatable bonds is 3. The summed E-state index contributed by atoms with van der Waals surface area (Å²) in [4.78, 5) is 0. The van der Waals surface area contributed by atoms with Crippen molar-refractivity contribution in [3.05, 3.63) is 181 Å².